The Morgan fingerprint density at radius 3 is 2.36 bits per heavy atom. The Balaban J connectivity index is 1.42. The summed E-state index contributed by atoms with van der Waals surface area (Å²) in [5, 5.41) is 14.8. The summed E-state index contributed by atoms with van der Waals surface area (Å²) in [5.41, 5.74) is 1.49. The first-order chi connectivity index (χ1) is 13.5. The standard InChI is InChI=1S/C18H19ClN6O2S/c19-15-5-3-14(4-6-15)13-28(26,27)22-11-10-21-17-7-8-18(25-24-17)23-16-2-1-9-20-12-16/h1-9,12,22H,10-11,13H2,(H,21,24)(H,23,25). The van der Waals surface area contributed by atoms with Crippen molar-refractivity contribution in [2.75, 3.05) is 23.7 Å². The number of sulfonamides is 1. The predicted molar refractivity (Wildman–Crippen MR) is 110 cm³/mol. The third-order valence-corrected chi connectivity index (χ3v) is 5.23. The van der Waals surface area contributed by atoms with Gasteiger partial charge in [0.25, 0.3) is 0 Å². The second-order valence-electron chi connectivity index (χ2n) is 5.88. The zero-order chi connectivity index (χ0) is 19.8. The fraction of sp³-hybridized carbons (Fsp3) is 0.167. The van der Waals surface area contributed by atoms with Gasteiger partial charge in [0.05, 0.1) is 17.6 Å². The fourth-order valence-corrected chi connectivity index (χ4v) is 3.60. The van der Waals surface area contributed by atoms with Gasteiger partial charge in [-0.2, -0.15) is 0 Å². The summed E-state index contributed by atoms with van der Waals surface area (Å²) in [5.74, 6) is 1.04. The first-order valence-corrected chi connectivity index (χ1v) is 10.5. The molecular weight excluding hydrogens is 400 g/mol. The molecule has 3 rings (SSSR count). The van der Waals surface area contributed by atoms with Crippen molar-refractivity contribution in [1.82, 2.24) is 19.9 Å². The van der Waals surface area contributed by atoms with Crippen molar-refractivity contribution in [3.8, 4) is 0 Å². The molecule has 0 fully saturated rings. The van der Waals surface area contributed by atoms with Crippen molar-refractivity contribution in [1.29, 1.82) is 0 Å². The molecule has 28 heavy (non-hydrogen) atoms. The Labute approximate surface area is 168 Å². The molecule has 0 aliphatic rings. The van der Waals surface area contributed by atoms with Crippen LogP contribution in [0.25, 0.3) is 0 Å². The first-order valence-electron chi connectivity index (χ1n) is 8.47. The number of nitrogens with one attached hydrogen (secondary N) is 3. The van der Waals surface area contributed by atoms with Crippen LogP contribution in [-0.4, -0.2) is 36.7 Å². The van der Waals surface area contributed by atoms with Gasteiger partial charge in [-0.25, -0.2) is 13.1 Å². The van der Waals surface area contributed by atoms with Crippen LogP contribution in [0, 0.1) is 0 Å². The van der Waals surface area contributed by atoms with Crippen molar-refractivity contribution < 1.29 is 8.42 Å². The number of aromatic nitrogens is 3. The molecule has 3 aromatic rings. The van der Waals surface area contributed by atoms with Crippen molar-refractivity contribution >= 4 is 38.9 Å². The Bertz CT molecular complexity index is 983. The van der Waals surface area contributed by atoms with Gasteiger partial charge < -0.3 is 10.6 Å². The normalized spacial score (nSPS) is 11.2. The van der Waals surface area contributed by atoms with Gasteiger partial charge in [-0.15, -0.1) is 10.2 Å². The molecule has 8 nitrogen and oxygen atoms in total. The average molecular weight is 419 g/mol. The number of hydrogen-bond acceptors (Lipinski definition) is 7. The largest absolute Gasteiger partial charge is 0.367 e. The number of hydrogen-bond donors (Lipinski definition) is 3. The van der Waals surface area contributed by atoms with E-state index in [4.69, 9.17) is 11.6 Å². The lowest BCUT2D eigenvalue weighted by Gasteiger charge is -2.09. The van der Waals surface area contributed by atoms with Crippen LogP contribution in [0.2, 0.25) is 5.02 Å². The average Bonchev–Trinajstić information content (AvgIpc) is 2.69. The van der Waals surface area contributed by atoms with Gasteiger partial charge in [0, 0.05) is 24.3 Å². The zero-order valence-corrected chi connectivity index (χ0v) is 16.4. The molecule has 0 aliphatic carbocycles. The van der Waals surface area contributed by atoms with Crippen LogP contribution in [0.5, 0.6) is 0 Å². The van der Waals surface area contributed by atoms with Gasteiger partial charge in [0.1, 0.15) is 5.82 Å². The van der Waals surface area contributed by atoms with Gasteiger partial charge >= 0.3 is 0 Å². The fourth-order valence-electron chi connectivity index (χ4n) is 2.33. The molecule has 0 bridgehead atoms. The maximum Gasteiger partial charge on any atom is 0.215 e. The van der Waals surface area contributed by atoms with E-state index < -0.39 is 10.0 Å². The molecule has 146 valence electrons. The smallest absolute Gasteiger partial charge is 0.215 e. The van der Waals surface area contributed by atoms with E-state index in [2.05, 4.69) is 30.5 Å². The highest BCUT2D eigenvalue weighted by Gasteiger charge is 2.10. The number of nitrogens with zero attached hydrogens (tertiary/aromatic N) is 3. The van der Waals surface area contributed by atoms with Gasteiger partial charge in [-0.05, 0) is 42.0 Å². The second-order valence-corrected chi connectivity index (χ2v) is 8.12. The maximum absolute atomic E-state index is 12.1. The molecule has 0 radical (unpaired) electrons. The minimum atomic E-state index is -3.43. The Kier molecular flexibility index (Phi) is 6.75. The van der Waals surface area contributed by atoms with Crippen LogP contribution in [0.3, 0.4) is 0 Å². The van der Waals surface area contributed by atoms with Gasteiger partial charge in [-0.3, -0.25) is 4.98 Å². The summed E-state index contributed by atoms with van der Waals surface area (Å²) in [4.78, 5) is 4.01. The molecule has 3 N–H and O–H groups in total. The van der Waals surface area contributed by atoms with E-state index in [-0.39, 0.29) is 12.3 Å². The molecule has 1 aromatic carbocycles. The highest BCUT2D eigenvalue weighted by molar-refractivity contribution is 7.88. The molecule has 0 saturated carbocycles. The molecule has 0 atom stereocenters. The molecule has 10 heteroatoms. The third kappa shape index (κ3) is 6.45. The topological polar surface area (TPSA) is 109 Å². The number of rotatable bonds is 9. The summed E-state index contributed by atoms with van der Waals surface area (Å²) in [6.45, 7) is 0.608. The van der Waals surface area contributed by atoms with Crippen LogP contribution in [0.4, 0.5) is 17.3 Å². The van der Waals surface area contributed by atoms with Crippen molar-refractivity contribution in [3.05, 3.63) is 71.5 Å². The Morgan fingerprint density at radius 2 is 1.68 bits per heavy atom. The van der Waals surface area contributed by atoms with Crippen LogP contribution >= 0.6 is 11.6 Å². The van der Waals surface area contributed by atoms with E-state index >= 15 is 0 Å². The molecule has 0 spiro atoms. The number of halogens is 1. The molecule has 0 unspecified atom stereocenters. The van der Waals surface area contributed by atoms with E-state index in [0.717, 1.165) is 5.69 Å². The SMILES string of the molecule is O=S(=O)(Cc1ccc(Cl)cc1)NCCNc1ccc(Nc2cccnc2)nn1. The lowest BCUT2D eigenvalue weighted by Crippen LogP contribution is -2.30. The quantitative estimate of drug-likeness (QED) is 0.458. The number of anilines is 3. The lowest BCUT2D eigenvalue weighted by atomic mass is 10.2. The molecule has 2 heterocycles. The third-order valence-electron chi connectivity index (χ3n) is 3.62. The van der Waals surface area contributed by atoms with E-state index in [9.17, 15) is 8.42 Å². The predicted octanol–water partition coefficient (Wildman–Crippen LogP) is 2.80. The van der Waals surface area contributed by atoms with Gasteiger partial charge in [0.15, 0.2) is 5.82 Å². The zero-order valence-electron chi connectivity index (χ0n) is 14.8. The molecule has 0 saturated heterocycles. The molecular formula is C18H19ClN6O2S. The van der Waals surface area contributed by atoms with Crippen LogP contribution in [0.15, 0.2) is 60.9 Å². The first kappa shape index (κ1) is 20.0. The van der Waals surface area contributed by atoms with E-state index in [1.807, 2.05) is 12.1 Å². The number of benzene rings is 1. The second kappa shape index (κ2) is 9.45. The van der Waals surface area contributed by atoms with Crippen LogP contribution < -0.4 is 15.4 Å². The summed E-state index contributed by atoms with van der Waals surface area (Å²) in [6, 6.07) is 13.9. The summed E-state index contributed by atoms with van der Waals surface area (Å²) < 4.78 is 26.7. The highest BCUT2D eigenvalue weighted by atomic mass is 35.5. The Hall–Kier alpha value is -2.75. The summed E-state index contributed by atoms with van der Waals surface area (Å²) in [7, 11) is -3.43. The minimum Gasteiger partial charge on any atom is -0.367 e. The summed E-state index contributed by atoms with van der Waals surface area (Å²) in [6.07, 6.45) is 3.37. The van der Waals surface area contributed by atoms with E-state index in [1.165, 1.54) is 0 Å². The van der Waals surface area contributed by atoms with Crippen molar-refractivity contribution in [3.63, 3.8) is 0 Å². The van der Waals surface area contributed by atoms with Crippen molar-refractivity contribution in [2.45, 2.75) is 5.75 Å². The van der Waals surface area contributed by atoms with E-state index in [1.54, 1.807) is 48.8 Å². The molecule has 0 aliphatic heterocycles. The molecule has 0 amide bonds. The van der Waals surface area contributed by atoms with Gasteiger partial charge in [0.2, 0.25) is 10.0 Å². The lowest BCUT2D eigenvalue weighted by molar-refractivity contribution is 0.582. The highest BCUT2D eigenvalue weighted by Crippen LogP contribution is 2.13. The van der Waals surface area contributed by atoms with Gasteiger partial charge in [-0.1, -0.05) is 23.7 Å². The van der Waals surface area contributed by atoms with Crippen LogP contribution in [0.1, 0.15) is 5.56 Å². The van der Waals surface area contributed by atoms with Crippen LogP contribution in [-0.2, 0) is 15.8 Å². The monoisotopic (exact) mass is 418 g/mol. The number of pyridine rings is 1. The van der Waals surface area contributed by atoms with Crippen molar-refractivity contribution in [2.24, 2.45) is 0 Å². The summed E-state index contributed by atoms with van der Waals surface area (Å²) >= 11 is 5.80. The van der Waals surface area contributed by atoms with E-state index in [0.29, 0.717) is 28.8 Å². The Morgan fingerprint density at radius 1 is 0.929 bits per heavy atom. The minimum absolute atomic E-state index is 0.0985. The maximum atomic E-state index is 12.1. The molecule has 2 aromatic heterocycles.